The molecule has 19 heavy (non-hydrogen) atoms. The first-order valence-electron chi connectivity index (χ1n) is 5.61. The highest BCUT2D eigenvalue weighted by Crippen LogP contribution is 2.12. The molecule has 0 aliphatic carbocycles. The predicted octanol–water partition coefficient (Wildman–Crippen LogP) is 0.680. The van der Waals surface area contributed by atoms with Crippen molar-refractivity contribution in [1.82, 2.24) is 10.1 Å². The van der Waals surface area contributed by atoms with E-state index >= 15 is 0 Å². The Bertz CT molecular complexity index is 649. The highest BCUT2D eigenvalue weighted by molar-refractivity contribution is 7.89. The van der Waals surface area contributed by atoms with Crippen LogP contribution in [-0.2, 0) is 16.4 Å². The lowest BCUT2D eigenvalue weighted by Crippen LogP contribution is -2.12. The van der Waals surface area contributed by atoms with E-state index in [1.54, 1.807) is 19.1 Å². The summed E-state index contributed by atoms with van der Waals surface area (Å²) in [6, 6.07) is 6.22. The van der Waals surface area contributed by atoms with Gasteiger partial charge in [-0.15, -0.1) is 0 Å². The number of hydrogen-bond acceptors (Lipinski definition) is 6. The first kappa shape index (κ1) is 13.5. The van der Waals surface area contributed by atoms with Crippen molar-refractivity contribution in [3.05, 3.63) is 36.0 Å². The number of primary sulfonamides is 1. The van der Waals surface area contributed by atoms with Gasteiger partial charge in [0.15, 0.2) is 5.82 Å². The molecule has 3 N–H and O–H groups in total. The van der Waals surface area contributed by atoms with Gasteiger partial charge >= 0.3 is 0 Å². The van der Waals surface area contributed by atoms with Crippen LogP contribution in [0.4, 0.5) is 5.69 Å². The fourth-order valence-corrected chi connectivity index (χ4v) is 2.04. The van der Waals surface area contributed by atoms with Gasteiger partial charge in [0.05, 0.1) is 4.90 Å². The van der Waals surface area contributed by atoms with Crippen LogP contribution < -0.4 is 10.5 Å². The molecular formula is C11H14N4O3S. The van der Waals surface area contributed by atoms with Crippen molar-refractivity contribution in [1.29, 1.82) is 0 Å². The maximum Gasteiger partial charge on any atom is 0.238 e. The molecule has 0 aliphatic rings. The Hall–Kier alpha value is -1.93. The lowest BCUT2D eigenvalue weighted by atomic mass is 10.3. The molecule has 0 radical (unpaired) electrons. The van der Waals surface area contributed by atoms with Crippen molar-refractivity contribution in [3.63, 3.8) is 0 Å². The Morgan fingerprint density at radius 3 is 2.53 bits per heavy atom. The number of anilines is 1. The Labute approximate surface area is 110 Å². The highest BCUT2D eigenvalue weighted by Gasteiger charge is 2.06. The van der Waals surface area contributed by atoms with Crippen molar-refractivity contribution in [2.75, 3.05) is 11.9 Å². The number of nitrogens with two attached hydrogens (primary N) is 1. The van der Waals surface area contributed by atoms with Crippen LogP contribution in [0, 0.1) is 6.92 Å². The van der Waals surface area contributed by atoms with Crippen LogP contribution in [0.25, 0.3) is 0 Å². The number of sulfonamides is 1. The third-order valence-corrected chi connectivity index (χ3v) is 3.36. The largest absolute Gasteiger partial charge is 0.385 e. The second-order valence-electron chi connectivity index (χ2n) is 3.98. The number of benzene rings is 1. The van der Waals surface area contributed by atoms with Crippen LogP contribution in [0.3, 0.4) is 0 Å². The van der Waals surface area contributed by atoms with E-state index in [-0.39, 0.29) is 4.90 Å². The Kier molecular flexibility index (Phi) is 3.82. The molecule has 0 bridgehead atoms. The molecule has 102 valence electrons. The molecule has 0 saturated heterocycles. The van der Waals surface area contributed by atoms with Gasteiger partial charge in [-0.1, -0.05) is 5.16 Å². The molecule has 8 heteroatoms. The third kappa shape index (κ3) is 3.76. The van der Waals surface area contributed by atoms with Gasteiger partial charge in [-0.25, -0.2) is 13.6 Å². The maximum absolute atomic E-state index is 11.1. The van der Waals surface area contributed by atoms with Crippen molar-refractivity contribution in [2.45, 2.75) is 18.2 Å². The van der Waals surface area contributed by atoms with Gasteiger partial charge in [-0.3, -0.25) is 0 Å². The molecule has 0 spiro atoms. The summed E-state index contributed by atoms with van der Waals surface area (Å²) in [7, 11) is -3.64. The SMILES string of the molecule is Cc1nc(CCNc2ccc(S(N)(=O)=O)cc2)no1. The fraction of sp³-hybridized carbons (Fsp3) is 0.273. The molecule has 1 heterocycles. The predicted molar refractivity (Wildman–Crippen MR) is 69.0 cm³/mol. The van der Waals surface area contributed by atoms with Gasteiger partial charge in [0, 0.05) is 25.6 Å². The summed E-state index contributed by atoms with van der Waals surface area (Å²) in [4.78, 5) is 4.16. The second kappa shape index (κ2) is 5.37. The summed E-state index contributed by atoms with van der Waals surface area (Å²) in [6.45, 7) is 2.35. The monoisotopic (exact) mass is 282 g/mol. The van der Waals surface area contributed by atoms with Gasteiger partial charge in [-0.05, 0) is 24.3 Å². The number of aromatic nitrogens is 2. The van der Waals surface area contributed by atoms with Crippen molar-refractivity contribution >= 4 is 15.7 Å². The first-order chi connectivity index (χ1) is 8.95. The van der Waals surface area contributed by atoms with E-state index < -0.39 is 10.0 Å². The Balaban J connectivity index is 1.90. The normalized spacial score (nSPS) is 11.5. The zero-order valence-electron chi connectivity index (χ0n) is 10.3. The standard InChI is InChI=1S/C11H14N4O3S/c1-8-14-11(15-18-8)6-7-13-9-2-4-10(5-3-9)19(12,16)17/h2-5,13H,6-7H2,1H3,(H2,12,16,17). The highest BCUT2D eigenvalue weighted by atomic mass is 32.2. The van der Waals surface area contributed by atoms with E-state index in [4.69, 9.17) is 9.66 Å². The van der Waals surface area contributed by atoms with Crippen LogP contribution in [-0.4, -0.2) is 25.1 Å². The summed E-state index contributed by atoms with van der Waals surface area (Å²) >= 11 is 0. The van der Waals surface area contributed by atoms with Crippen LogP contribution in [0.5, 0.6) is 0 Å². The maximum atomic E-state index is 11.1. The molecule has 7 nitrogen and oxygen atoms in total. The van der Waals surface area contributed by atoms with Crippen molar-refractivity contribution in [3.8, 4) is 0 Å². The quantitative estimate of drug-likeness (QED) is 0.834. The molecule has 2 rings (SSSR count). The summed E-state index contributed by atoms with van der Waals surface area (Å²) in [6.07, 6.45) is 0.619. The number of rotatable bonds is 5. The smallest absolute Gasteiger partial charge is 0.238 e. The fourth-order valence-electron chi connectivity index (χ4n) is 1.52. The molecule has 0 saturated carbocycles. The molecule has 0 fully saturated rings. The lowest BCUT2D eigenvalue weighted by molar-refractivity contribution is 0.387. The zero-order valence-corrected chi connectivity index (χ0v) is 11.1. The Morgan fingerprint density at radius 2 is 2.00 bits per heavy atom. The van der Waals surface area contributed by atoms with Crippen LogP contribution >= 0.6 is 0 Å². The van der Waals surface area contributed by atoms with Gasteiger partial charge < -0.3 is 9.84 Å². The van der Waals surface area contributed by atoms with Gasteiger partial charge in [0.1, 0.15) is 0 Å². The molecule has 1 aromatic heterocycles. The van der Waals surface area contributed by atoms with Gasteiger partial charge in [0.2, 0.25) is 15.9 Å². The van der Waals surface area contributed by atoms with Crippen LogP contribution in [0.1, 0.15) is 11.7 Å². The number of nitrogens with zero attached hydrogens (tertiary/aromatic N) is 2. The number of aryl methyl sites for hydroxylation is 1. The summed E-state index contributed by atoms with van der Waals surface area (Å²) in [5.41, 5.74) is 0.799. The number of hydrogen-bond donors (Lipinski definition) is 2. The van der Waals surface area contributed by atoms with Crippen LogP contribution in [0.15, 0.2) is 33.7 Å². The van der Waals surface area contributed by atoms with Gasteiger partial charge in [-0.2, -0.15) is 4.98 Å². The topological polar surface area (TPSA) is 111 Å². The second-order valence-corrected chi connectivity index (χ2v) is 5.54. The minimum absolute atomic E-state index is 0.0897. The Morgan fingerprint density at radius 1 is 1.32 bits per heavy atom. The van der Waals surface area contributed by atoms with E-state index in [9.17, 15) is 8.42 Å². The molecule has 0 atom stereocenters. The molecule has 0 unspecified atom stereocenters. The van der Waals surface area contributed by atoms with E-state index in [0.29, 0.717) is 24.7 Å². The average Bonchev–Trinajstić information content (AvgIpc) is 2.75. The minimum atomic E-state index is -3.64. The van der Waals surface area contributed by atoms with Crippen LogP contribution in [0.2, 0.25) is 0 Å². The van der Waals surface area contributed by atoms with E-state index in [0.717, 1.165) is 5.69 Å². The lowest BCUT2D eigenvalue weighted by Gasteiger charge is -2.05. The zero-order chi connectivity index (χ0) is 13.9. The summed E-state index contributed by atoms with van der Waals surface area (Å²) in [5.74, 6) is 1.17. The first-order valence-corrected chi connectivity index (χ1v) is 7.16. The number of nitrogens with one attached hydrogen (secondary N) is 1. The molecular weight excluding hydrogens is 268 g/mol. The average molecular weight is 282 g/mol. The third-order valence-electron chi connectivity index (χ3n) is 2.43. The minimum Gasteiger partial charge on any atom is -0.385 e. The molecule has 1 aromatic carbocycles. The molecule has 0 amide bonds. The molecule has 0 aliphatic heterocycles. The van der Waals surface area contributed by atoms with Crippen molar-refractivity contribution in [2.24, 2.45) is 5.14 Å². The molecule has 2 aromatic rings. The summed E-state index contributed by atoms with van der Waals surface area (Å²) in [5, 5.41) is 11.9. The van der Waals surface area contributed by atoms with Crippen molar-refractivity contribution < 1.29 is 12.9 Å². The van der Waals surface area contributed by atoms with E-state index in [2.05, 4.69) is 15.5 Å². The summed E-state index contributed by atoms with van der Waals surface area (Å²) < 4.78 is 27.0. The van der Waals surface area contributed by atoms with E-state index in [1.807, 2.05) is 0 Å². The van der Waals surface area contributed by atoms with E-state index in [1.165, 1.54) is 12.1 Å². The van der Waals surface area contributed by atoms with Gasteiger partial charge in [0.25, 0.3) is 0 Å².